The van der Waals surface area contributed by atoms with E-state index in [-0.39, 0.29) is 0 Å². The van der Waals surface area contributed by atoms with E-state index in [0.29, 0.717) is 0 Å². The highest BCUT2D eigenvalue weighted by molar-refractivity contribution is 5.98. The zero-order valence-electron chi connectivity index (χ0n) is 18.8. The van der Waals surface area contributed by atoms with Gasteiger partial charge in [-0.25, -0.2) is 0 Å². The van der Waals surface area contributed by atoms with E-state index in [1.54, 1.807) is 0 Å². The molecule has 1 heterocycles. The third-order valence-corrected chi connectivity index (χ3v) is 6.99. The molecule has 1 aliphatic carbocycles. The molecule has 5 nitrogen and oxygen atoms in total. The first-order chi connectivity index (χ1) is 16.8. The SMILES string of the molecule is N=[N+]=NC1(c2ccc(N3CCOCC3)c3ccccc23)c2ccccc2C=Cc2ccccc21. The minimum atomic E-state index is -0.943. The average molecular weight is 446 g/mol. The van der Waals surface area contributed by atoms with Crippen LogP contribution >= 0.6 is 0 Å². The van der Waals surface area contributed by atoms with Gasteiger partial charge in [-0.15, -0.1) is 0 Å². The number of hydrogen-bond acceptors (Lipinski definition) is 4. The molecule has 0 radical (unpaired) electrons. The Kier molecular flexibility index (Phi) is 5.06. The van der Waals surface area contributed by atoms with Crippen molar-refractivity contribution < 1.29 is 4.74 Å². The monoisotopic (exact) mass is 445 g/mol. The van der Waals surface area contributed by atoms with Gasteiger partial charge in [0.2, 0.25) is 10.5 Å². The predicted octanol–water partition coefficient (Wildman–Crippen LogP) is 6.00. The molecule has 4 aromatic rings. The van der Waals surface area contributed by atoms with Crippen LogP contribution in [-0.2, 0) is 10.3 Å². The van der Waals surface area contributed by atoms with Crippen LogP contribution in [0.15, 0.2) is 90.0 Å². The maximum atomic E-state index is 7.89. The van der Waals surface area contributed by atoms with Crippen molar-refractivity contribution in [3.8, 4) is 0 Å². The van der Waals surface area contributed by atoms with Crippen LogP contribution in [0, 0.1) is 5.53 Å². The minimum Gasteiger partial charge on any atom is -0.378 e. The third kappa shape index (κ3) is 3.10. The Labute approximate surface area is 198 Å². The van der Waals surface area contributed by atoms with Crippen LogP contribution in [0.1, 0.15) is 27.8 Å². The van der Waals surface area contributed by atoms with Crippen molar-refractivity contribution in [2.75, 3.05) is 31.2 Å². The van der Waals surface area contributed by atoms with E-state index in [9.17, 15) is 0 Å². The summed E-state index contributed by atoms with van der Waals surface area (Å²) in [5, 5.41) is 7.03. The van der Waals surface area contributed by atoms with Gasteiger partial charge in [-0.3, -0.25) is 0 Å². The fraction of sp³-hybridized carbons (Fsp3) is 0.172. The summed E-state index contributed by atoms with van der Waals surface area (Å²) in [6.45, 7) is 3.21. The number of ether oxygens (including phenoxy) is 1. The van der Waals surface area contributed by atoms with Crippen molar-refractivity contribution in [3.05, 3.63) is 113 Å². The lowest BCUT2D eigenvalue weighted by molar-refractivity contribution is 0.123. The molecule has 0 saturated carbocycles. The first kappa shape index (κ1) is 20.5. The van der Waals surface area contributed by atoms with Crippen LogP contribution in [0.3, 0.4) is 0 Å². The zero-order chi connectivity index (χ0) is 23.0. The summed E-state index contributed by atoms with van der Waals surface area (Å²) >= 11 is 0. The highest BCUT2D eigenvalue weighted by Crippen LogP contribution is 2.48. The Morgan fingerprint density at radius 2 is 1.29 bits per heavy atom. The summed E-state index contributed by atoms with van der Waals surface area (Å²) in [6.07, 6.45) is 4.28. The molecule has 0 unspecified atom stereocenters. The normalized spacial score (nSPS) is 16.3. The summed E-state index contributed by atoms with van der Waals surface area (Å²) in [7, 11) is 0. The Morgan fingerprint density at radius 1 is 0.706 bits per heavy atom. The van der Waals surface area contributed by atoms with E-state index in [4.69, 9.17) is 15.4 Å². The zero-order valence-corrected chi connectivity index (χ0v) is 18.8. The fourth-order valence-corrected chi connectivity index (χ4v) is 5.47. The van der Waals surface area contributed by atoms with E-state index in [1.165, 1.54) is 11.1 Å². The molecule has 4 aromatic carbocycles. The molecule has 6 rings (SSSR count). The van der Waals surface area contributed by atoms with Crippen molar-refractivity contribution in [2.24, 2.45) is 5.11 Å². The number of nitrogens with zero attached hydrogens (tertiary/aromatic N) is 3. The van der Waals surface area contributed by atoms with Gasteiger partial charge in [0.15, 0.2) is 0 Å². The molecule has 166 valence electrons. The van der Waals surface area contributed by atoms with Crippen LogP contribution in [0.5, 0.6) is 0 Å². The van der Waals surface area contributed by atoms with E-state index in [0.717, 1.165) is 59.5 Å². The highest BCUT2D eigenvalue weighted by Gasteiger charge is 2.46. The smallest absolute Gasteiger partial charge is 0.221 e. The van der Waals surface area contributed by atoms with Gasteiger partial charge >= 0.3 is 0 Å². The molecular formula is C29H25N4O+. The van der Waals surface area contributed by atoms with Gasteiger partial charge in [-0.2, -0.15) is 0 Å². The van der Waals surface area contributed by atoms with Gasteiger partial charge in [0, 0.05) is 40.9 Å². The first-order valence-corrected chi connectivity index (χ1v) is 11.6. The molecule has 5 heteroatoms. The quantitative estimate of drug-likeness (QED) is 0.310. The standard InChI is InChI=1S/C29H25N4O/c30-32-31-29(25-11-5-1-7-21(25)13-14-22-8-2-6-12-26(22)29)27-15-16-28(33-17-19-34-20-18-33)24-10-4-3-9-23(24)27/h1-16,30H,17-20H2/q+1. The van der Waals surface area contributed by atoms with Crippen molar-refractivity contribution >= 4 is 28.6 Å². The maximum Gasteiger partial charge on any atom is 0.221 e. The Bertz CT molecular complexity index is 1410. The van der Waals surface area contributed by atoms with Gasteiger partial charge < -0.3 is 9.64 Å². The third-order valence-electron chi connectivity index (χ3n) is 6.99. The van der Waals surface area contributed by atoms with Gasteiger partial charge in [-0.1, -0.05) is 91.0 Å². The Hall–Kier alpha value is -4.05. The van der Waals surface area contributed by atoms with E-state index < -0.39 is 5.54 Å². The van der Waals surface area contributed by atoms with Crippen LogP contribution < -0.4 is 9.81 Å². The van der Waals surface area contributed by atoms with Crippen LogP contribution in [0.4, 0.5) is 5.69 Å². The summed E-state index contributed by atoms with van der Waals surface area (Å²) < 4.78 is 5.60. The van der Waals surface area contributed by atoms with Gasteiger partial charge in [-0.05, 0) is 22.6 Å². The van der Waals surface area contributed by atoms with Crippen LogP contribution in [-0.4, -0.2) is 26.3 Å². The Balaban J connectivity index is 1.71. The number of morpholine rings is 1. The lowest BCUT2D eigenvalue weighted by Crippen LogP contribution is -2.36. The van der Waals surface area contributed by atoms with Crippen molar-refractivity contribution in [2.45, 2.75) is 5.54 Å². The molecule has 0 amide bonds. The van der Waals surface area contributed by atoms with E-state index >= 15 is 0 Å². The molecule has 34 heavy (non-hydrogen) atoms. The van der Waals surface area contributed by atoms with Gasteiger partial charge in [0.05, 0.1) is 13.2 Å². The molecular weight excluding hydrogens is 420 g/mol. The summed E-state index contributed by atoms with van der Waals surface area (Å²) in [5.41, 5.74) is 13.4. The van der Waals surface area contributed by atoms with Crippen molar-refractivity contribution in [1.82, 2.24) is 4.91 Å². The van der Waals surface area contributed by atoms with Crippen LogP contribution in [0.2, 0.25) is 0 Å². The number of nitrogens with one attached hydrogen (secondary N) is 1. The van der Waals surface area contributed by atoms with Gasteiger partial charge in [0.1, 0.15) is 10.6 Å². The second-order valence-corrected chi connectivity index (χ2v) is 8.70. The molecule has 1 fully saturated rings. The second-order valence-electron chi connectivity index (χ2n) is 8.70. The predicted molar refractivity (Wildman–Crippen MR) is 136 cm³/mol. The minimum absolute atomic E-state index is 0.736. The fourth-order valence-electron chi connectivity index (χ4n) is 5.47. The van der Waals surface area contributed by atoms with Crippen molar-refractivity contribution in [1.29, 1.82) is 5.53 Å². The van der Waals surface area contributed by atoms with E-state index in [2.05, 4.69) is 82.6 Å². The van der Waals surface area contributed by atoms with Crippen molar-refractivity contribution in [3.63, 3.8) is 0 Å². The topological polar surface area (TPSA) is 62.8 Å². The first-order valence-electron chi connectivity index (χ1n) is 11.6. The van der Waals surface area contributed by atoms with E-state index in [1.807, 2.05) is 24.3 Å². The Morgan fingerprint density at radius 3 is 1.94 bits per heavy atom. The lowest BCUT2D eigenvalue weighted by Gasteiger charge is -2.32. The molecule has 1 N–H and O–H groups in total. The molecule has 1 saturated heterocycles. The summed E-state index contributed by atoms with van der Waals surface area (Å²) in [6, 6.07) is 29.5. The number of fused-ring (bicyclic) bond motifs is 3. The maximum absolute atomic E-state index is 7.89. The molecule has 1 aliphatic heterocycles. The number of anilines is 1. The average Bonchev–Trinajstić information content (AvgIpc) is 3.04. The molecule has 0 bridgehead atoms. The summed E-state index contributed by atoms with van der Waals surface area (Å²) in [5.74, 6) is 0. The van der Waals surface area contributed by atoms with Gasteiger partial charge in [0.25, 0.3) is 0 Å². The molecule has 0 spiro atoms. The van der Waals surface area contributed by atoms with Crippen LogP contribution in [0.25, 0.3) is 22.9 Å². The number of hydrogen-bond donors (Lipinski definition) is 1. The highest BCUT2D eigenvalue weighted by atomic mass is 16.5. The number of benzene rings is 4. The molecule has 0 aromatic heterocycles. The lowest BCUT2D eigenvalue weighted by atomic mass is 9.74. The second kappa shape index (κ2) is 8.38. The molecule has 0 atom stereocenters. The number of rotatable bonds is 3. The largest absolute Gasteiger partial charge is 0.378 e. The molecule has 2 aliphatic rings. The summed E-state index contributed by atoms with van der Waals surface area (Å²) in [4.78, 5) is 6.08.